The van der Waals surface area contributed by atoms with Crippen LogP contribution in [0.25, 0.3) is 0 Å². The zero-order valence-corrected chi connectivity index (χ0v) is 16.8. The molecule has 2 heterocycles. The topological polar surface area (TPSA) is 184 Å². The van der Waals surface area contributed by atoms with E-state index in [1.54, 1.807) is 0 Å². The Morgan fingerprint density at radius 3 is 2.72 bits per heavy atom. The Labute approximate surface area is 181 Å². The van der Waals surface area contributed by atoms with Gasteiger partial charge < -0.3 is 20.2 Å². The summed E-state index contributed by atoms with van der Waals surface area (Å²) in [5.41, 5.74) is 9.13. The quantitative estimate of drug-likeness (QED) is 0.131. The first-order valence-electron chi connectivity index (χ1n) is 9.48. The van der Waals surface area contributed by atoms with Gasteiger partial charge in [-0.25, -0.2) is 5.43 Å². The van der Waals surface area contributed by atoms with Gasteiger partial charge in [-0.2, -0.15) is 20.1 Å². The number of nitro groups is 1. The van der Waals surface area contributed by atoms with Gasteiger partial charge in [0.2, 0.25) is 17.8 Å². The maximum atomic E-state index is 11.8. The highest BCUT2D eigenvalue weighted by Crippen LogP contribution is 2.14. The molecule has 1 aromatic carbocycles. The summed E-state index contributed by atoms with van der Waals surface area (Å²) in [5.74, 6) is -0.326. The lowest BCUT2D eigenvalue weighted by Crippen LogP contribution is -2.12. The Bertz CT molecular complexity index is 1090. The second-order valence-electron chi connectivity index (χ2n) is 6.32. The molecule has 0 bridgehead atoms. The minimum absolute atomic E-state index is 0.0453. The normalized spacial score (nSPS) is 10.8. The van der Waals surface area contributed by atoms with Crippen LogP contribution in [0.15, 0.2) is 52.0 Å². The number of aromatic nitrogens is 3. The average molecular weight is 440 g/mol. The van der Waals surface area contributed by atoms with E-state index in [0.717, 1.165) is 5.56 Å². The summed E-state index contributed by atoms with van der Waals surface area (Å²) in [6.07, 6.45) is 1.95. The number of carbonyl (C=O) groups excluding carboxylic acids is 1. The van der Waals surface area contributed by atoms with E-state index < -0.39 is 10.8 Å². The van der Waals surface area contributed by atoms with E-state index in [4.69, 9.17) is 14.9 Å². The molecule has 32 heavy (non-hydrogen) atoms. The van der Waals surface area contributed by atoms with E-state index in [9.17, 15) is 14.9 Å². The van der Waals surface area contributed by atoms with Crippen LogP contribution in [-0.4, -0.2) is 38.6 Å². The molecule has 0 aliphatic carbocycles. The fourth-order valence-corrected chi connectivity index (χ4v) is 2.43. The number of furan rings is 1. The second-order valence-corrected chi connectivity index (χ2v) is 6.32. The van der Waals surface area contributed by atoms with Crippen molar-refractivity contribution in [1.29, 1.82) is 0 Å². The average Bonchev–Trinajstić information content (AvgIpc) is 3.25. The van der Waals surface area contributed by atoms with Crippen molar-refractivity contribution in [1.82, 2.24) is 15.0 Å². The van der Waals surface area contributed by atoms with E-state index in [1.807, 2.05) is 30.3 Å². The van der Waals surface area contributed by atoms with Crippen LogP contribution in [0.3, 0.4) is 0 Å². The summed E-state index contributed by atoms with van der Waals surface area (Å²) < 4.78 is 10.2. The van der Waals surface area contributed by atoms with Crippen LogP contribution in [-0.2, 0) is 16.1 Å². The Hall–Kier alpha value is -4.55. The van der Waals surface area contributed by atoms with E-state index in [0.29, 0.717) is 13.0 Å². The number of esters is 1. The van der Waals surface area contributed by atoms with Gasteiger partial charge in [0.15, 0.2) is 5.76 Å². The van der Waals surface area contributed by atoms with Gasteiger partial charge >= 0.3 is 11.9 Å². The zero-order chi connectivity index (χ0) is 22.8. The Morgan fingerprint density at radius 1 is 1.19 bits per heavy atom. The zero-order valence-electron chi connectivity index (χ0n) is 16.8. The molecule has 0 atom stereocenters. The monoisotopic (exact) mass is 440 g/mol. The predicted molar refractivity (Wildman–Crippen MR) is 115 cm³/mol. The summed E-state index contributed by atoms with van der Waals surface area (Å²) in [6.45, 7) is 0.640. The molecule has 0 fully saturated rings. The van der Waals surface area contributed by atoms with Crippen molar-refractivity contribution in [2.24, 2.45) is 5.10 Å². The number of ether oxygens (including phenoxy) is 1. The summed E-state index contributed by atoms with van der Waals surface area (Å²) >= 11 is 0. The number of benzene rings is 1. The molecule has 0 aliphatic heterocycles. The SMILES string of the molecule is Nc1nc(NCCCC(=O)OCc2ccccc2)nc(N/N=C/c2ccc([N+](=O)[O-])o2)n1. The first-order valence-corrected chi connectivity index (χ1v) is 9.48. The number of nitrogen functional groups attached to an aromatic ring is 1. The van der Waals surface area contributed by atoms with E-state index in [-0.39, 0.29) is 42.6 Å². The summed E-state index contributed by atoms with van der Waals surface area (Å²) in [6, 6.07) is 12.0. The Kier molecular flexibility index (Phi) is 7.62. The summed E-state index contributed by atoms with van der Waals surface area (Å²) in [4.78, 5) is 33.7. The molecule has 0 saturated carbocycles. The molecule has 3 rings (SSSR count). The van der Waals surface area contributed by atoms with E-state index in [1.165, 1.54) is 18.3 Å². The van der Waals surface area contributed by atoms with Crippen LogP contribution in [0.5, 0.6) is 0 Å². The summed E-state index contributed by atoms with van der Waals surface area (Å²) in [7, 11) is 0. The largest absolute Gasteiger partial charge is 0.461 e. The smallest absolute Gasteiger partial charge is 0.433 e. The highest BCUT2D eigenvalue weighted by atomic mass is 16.6. The van der Waals surface area contributed by atoms with Gasteiger partial charge in [0.05, 0.1) is 12.3 Å². The first-order chi connectivity index (χ1) is 15.5. The third-order valence-corrected chi connectivity index (χ3v) is 3.89. The van der Waals surface area contributed by atoms with Crippen molar-refractivity contribution < 1.29 is 18.9 Å². The van der Waals surface area contributed by atoms with Crippen LogP contribution in [0.4, 0.5) is 23.7 Å². The third-order valence-electron chi connectivity index (χ3n) is 3.89. The molecule has 3 aromatic rings. The van der Waals surface area contributed by atoms with Crippen molar-refractivity contribution in [3.8, 4) is 0 Å². The second kappa shape index (κ2) is 11.0. The minimum atomic E-state index is -0.654. The number of carbonyl (C=O) groups is 1. The van der Waals surface area contributed by atoms with E-state index in [2.05, 4.69) is 30.8 Å². The van der Waals surface area contributed by atoms with Crippen molar-refractivity contribution in [2.45, 2.75) is 19.4 Å². The fourth-order valence-electron chi connectivity index (χ4n) is 2.43. The molecule has 13 heteroatoms. The molecule has 0 saturated heterocycles. The molecule has 0 amide bonds. The third kappa shape index (κ3) is 7.05. The Balaban J connectivity index is 1.42. The summed E-state index contributed by atoms with van der Waals surface area (Å²) in [5, 5.41) is 17.4. The number of nitrogens with one attached hydrogen (secondary N) is 2. The van der Waals surface area contributed by atoms with Crippen LogP contribution < -0.4 is 16.5 Å². The maximum absolute atomic E-state index is 11.8. The molecule has 0 spiro atoms. The van der Waals surface area contributed by atoms with Crippen molar-refractivity contribution in [3.63, 3.8) is 0 Å². The van der Waals surface area contributed by atoms with Crippen molar-refractivity contribution >= 4 is 35.9 Å². The molecule has 2 aromatic heterocycles. The molecule has 0 unspecified atom stereocenters. The number of hydrazone groups is 1. The van der Waals surface area contributed by atoms with Gasteiger partial charge in [-0.15, -0.1) is 0 Å². The van der Waals surface area contributed by atoms with Gasteiger partial charge in [0, 0.05) is 13.0 Å². The predicted octanol–water partition coefficient (Wildman–Crippen LogP) is 2.34. The molecule has 166 valence electrons. The number of nitrogens with two attached hydrogens (primary N) is 1. The van der Waals surface area contributed by atoms with Crippen molar-refractivity contribution in [2.75, 3.05) is 23.0 Å². The number of hydrogen-bond donors (Lipinski definition) is 3. The van der Waals surface area contributed by atoms with Crippen LogP contribution in [0, 0.1) is 10.1 Å². The van der Waals surface area contributed by atoms with E-state index >= 15 is 0 Å². The standard InChI is InChI=1S/C19H20N8O5/c20-17-23-18(21-10-4-7-16(28)31-12-13-5-2-1-3-6-13)25-19(24-17)26-22-11-14-8-9-15(32-14)27(29)30/h1-3,5-6,8-9,11H,4,7,10,12H2,(H4,20,21,23,24,25,26)/b22-11+. The molecule has 13 nitrogen and oxygen atoms in total. The van der Waals surface area contributed by atoms with Crippen LogP contribution in [0.1, 0.15) is 24.2 Å². The lowest BCUT2D eigenvalue weighted by atomic mass is 10.2. The lowest BCUT2D eigenvalue weighted by Gasteiger charge is -2.07. The van der Waals surface area contributed by atoms with Gasteiger partial charge in [-0.1, -0.05) is 30.3 Å². The number of hydrogen-bond acceptors (Lipinski definition) is 12. The van der Waals surface area contributed by atoms with Gasteiger partial charge in [0.1, 0.15) is 11.5 Å². The molecule has 0 aliphatic rings. The molecular weight excluding hydrogens is 420 g/mol. The number of rotatable bonds is 11. The highest BCUT2D eigenvalue weighted by molar-refractivity contribution is 5.76. The van der Waals surface area contributed by atoms with Gasteiger partial charge in [-0.05, 0) is 18.1 Å². The molecule has 0 radical (unpaired) electrons. The first kappa shape index (κ1) is 22.1. The highest BCUT2D eigenvalue weighted by Gasteiger charge is 2.10. The van der Waals surface area contributed by atoms with Crippen LogP contribution in [0.2, 0.25) is 0 Å². The van der Waals surface area contributed by atoms with Crippen molar-refractivity contribution in [3.05, 3.63) is 63.9 Å². The van der Waals surface area contributed by atoms with Crippen LogP contribution >= 0.6 is 0 Å². The van der Waals surface area contributed by atoms with Gasteiger partial charge in [0.25, 0.3) is 0 Å². The number of anilines is 3. The minimum Gasteiger partial charge on any atom is -0.461 e. The lowest BCUT2D eigenvalue weighted by molar-refractivity contribution is -0.402. The molecule has 4 N–H and O–H groups in total. The maximum Gasteiger partial charge on any atom is 0.433 e. The molecular formula is C19H20N8O5. The van der Waals surface area contributed by atoms with Gasteiger partial charge in [-0.3, -0.25) is 14.9 Å². The fraction of sp³-hybridized carbons (Fsp3) is 0.211. The number of nitrogens with zero attached hydrogens (tertiary/aromatic N) is 5. The Morgan fingerprint density at radius 2 is 1.97 bits per heavy atom.